The minimum absolute atomic E-state index is 0.476. The summed E-state index contributed by atoms with van der Waals surface area (Å²) in [6.07, 6.45) is 0. The van der Waals surface area contributed by atoms with Crippen LogP contribution in [0.2, 0.25) is 0 Å². The lowest BCUT2D eigenvalue weighted by atomic mass is 10.1. The topological polar surface area (TPSA) is 48.1 Å². The average Bonchev–Trinajstić information content (AvgIpc) is 2.55. The van der Waals surface area contributed by atoms with Crippen molar-refractivity contribution >= 4 is 0 Å². The standard InChI is InChI=1S/C19H18N2O/c1-14-10-15(13-20)11-19(21-14)22-18-9-5-8-17(12-18)16-6-3-2-4-7-16/h2-12H,13,20H2,1H3. The lowest BCUT2D eigenvalue weighted by molar-refractivity contribution is 0.461. The Morgan fingerprint density at radius 2 is 1.68 bits per heavy atom. The fourth-order valence-electron chi connectivity index (χ4n) is 2.37. The van der Waals surface area contributed by atoms with E-state index in [0.717, 1.165) is 28.1 Å². The van der Waals surface area contributed by atoms with Gasteiger partial charge in [0.25, 0.3) is 0 Å². The molecule has 3 aromatic rings. The number of nitrogens with zero attached hydrogens (tertiary/aromatic N) is 1. The fourth-order valence-corrected chi connectivity index (χ4v) is 2.37. The highest BCUT2D eigenvalue weighted by atomic mass is 16.5. The molecule has 0 amide bonds. The minimum atomic E-state index is 0.476. The second-order valence-electron chi connectivity index (χ2n) is 5.16. The molecule has 2 aromatic carbocycles. The Morgan fingerprint density at radius 1 is 0.909 bits per heavy atom. The molecule has 1 heterocycles. The maximum absolute atomic E-state index is 5.90. The van der Waals surface area contributed by atoms with Crippen LogP contribution >= 0.6 is 0 Å². The van der Waals surface area contributed by atoms with E-state index in [1.165, 1.54) is 0 Å². The molecule has 3 nitrogen and oxygen atoms in total. The predicted octanol–water partition coefficient (Wildman–Crippen LogP) is 4.31. The lowest BCUT2D eigenvalue weighted by Gasteiger charge is -2.09. The number of benzene rings is 2. The maximum Gasteiger partial charge on any atom is 0.219 e. The smallest absolute Gasteiger partial charge is 0.219 e. The number of ether oxygens (including phenoxy) is 1. The van der Waals surface area contributed by atoms with Crippen molar-refractivity contribution in [2.45, 2.75) is 13.5 Å². The normalized spacial score (nSPS) is 10.5. The first kappa shape index (κ1) is 14.3. The van der Waals surface area contributed by atoms with Gasteiger partial charge < -0.3 is 10.5 Å². The number of aryl methyl sites for hydroxylation is 1. The molecule has 0 atom stereocenters. The molecule has 0 saturated carbocycles. The van der Waals surface area contributed by atoms with Gasteiger partial charge in [0.1, 0.15) is 5.75 Å². The largest absolute Gasteiger partial charge is 0.439 e. The third kappa shape index (κ3) is 3.32. The summed E-state index contributed by atoms with van der Waals surface area (Å²) in [5.41, 5.74) is 9.89. The Balaban J connectivity index is 1.89. The van der Waals surface area contributed by atoms with Gasteiger partial charge in [-0.05, 0) is 41.8 Å². The summed E-state index contributed by atoms with van der Waals surface area (Å²) < 4.78 is 5.90. The molecule has 1 aromatic heterocycles. The van der Waals surface area contributed by atoms with Crippen LogP contribution in [-0.4, -0.2) is 4.98 Å². The first-order chi connectivity index (χ1) is 10.7. The monoisotopic (exact) mass is 290 g/mol. The van der Waals surface area contributed by atoms with E-state index in [4.69, 9.17) is 10.5 Å². The molecular weight excluding hydrogens is 272 g/mol. The summed E-state index contributed by atoms with van der Waals surface area (Å²) in [4.78, 5) is 4.40. The quantitative estimate of drug-likeness (QED) is 0.779. The second-order valence-corrected chi connectivity index (χ2v) is 5.16. The maximum atomic E-state index is 5.90. The van der Waals surface area contributed by atoms with Gasteiger partial charge in [-0.25, -0.2) is 4.98 Å². The van der Waals surface area contributed by atoms with Gasteiger partial charge >= 0.3 is 0 Å². The first-order valence-electron chi connectivity index (χ1n) is 7.25. The molecule has 0 bridgehead atoms. The van der Waals surface area contributed by atoms with E-state index in [1.54, 1.807) is 0 Å². The van der Waals surface area contributed by atoms with Crippen molar-refractivity contribution in [2.24, 2.45) is 5.73 Å². The summed E-state index contributed by atoms with van der Waals surface area (Å²) in [5.74, 6) is 1.34. The van der Waals surface area contributed by atoms with Crippen LogP contribution in [0.5, 0.6) is 11.6 Å². The van der Waals surface area contributed by atoms with E-state index in [9.17, 15) is 0 Å². The first-order valence-corrected chi connectivity index (χ1v) is 7.25. The van der Waals surface area contributed by atoms with Gasteiger partial charge in [-0.2, -0.15) is 0 Å². The van der Waals surface area contributed by atoms with Crippen LogP contribution in [0.15, 0.2) is 66.7 Å². The van der Waals surface area contributed by atoms with Gasteiger partial charge in [-0.15, -0.1) is 0 Å². The Bertz CT molecular complexity index is 769. The van der Waals surface area contributed by atoms with E-state index < -0.39 is 0 Å². The van der Waals surface area contributed by atoms with Crippen LogP contribution in [0.25, 0.3) is 11.1 Å². The average molecular weight is 290 g/mol. The van der Waals surface area contributed by atoms with Crippen LogP contribution in [0.4, 0.5) is 0 Å². The molecule has 0 aliphatic rings. The van der Waals surface area contributed by atoms with Gasteiger partial charge in [0.15, 0.2) is 0 Å². The van der Waals surface area contributed by atoms with E-state index >= 15 is 0 Å². The van der Waals surface area contributed by atoms with E-state index in [-0.39, 0.29) is 0 Å². The van der Waals surface area contributed by atoms with E-state index in [0.29, 0.717) is 12.4 Å². The van der Waals surface area contributed by atoms with Crippen molar-refractivity contribution in [3.05, 3.63) is 78.0 Å². The number of hydrogen-bond acceptors (Lipinski definition) is 3. The zero-order valence-electron chi connectivity index (χ0n) is 12.5. The van der Waals surface area contributed by atoms with E-state index in [1.807, 2.05) is 55.5 Å². The summed E-state index contributed by atoms with van der Waals surface area (Å²) in [6.45, 7) is 2.41. The van der Waals surface area contributed by atoms with Crippen molar-refractivity contribution in [2.75, 3.05) is 0 Å². The van der Waals surface area contributed by atoms with Crippen molar-refractivity contribution in [3.63, 3.8) is 0 Å². The third-order valence-electron chi connectivity index (χ3n) is 3.39. The summed E-state index contributed by atoms with van der Waals surface area (Å²) in [5, 5.41) is 0. The zero-order valence-corrected chi connectivity index (χ0v) is 12.5. The molecule has 3 rings (SSSR count). The number of rotatable bonds is 4. The molecule has 2 N–H and O–H groups in total. The van der Waals surface area contributed by atoms with Crippen LogP contribution in [-0.2, 0) is 6.54 Å². The Kier molecular flexibility index (Phi) is 4.17. The van der Waals surface area contributed by atoms with Crippen LogP contribution in [0.1, 0.15) is 11.3 Å². The van der Waals surface area contributed by atoms with Crippen molar-refractivity contribution < 1.29 is 4.74 Å². The van der Waals surface area contributed by atoms with Crippen molar-refractivity contribution in [3.8, 4) is 22.8 Å². The number of pyridine rings is 1. The molecule has 0 unspecified atom stereocenters. The lowest BCUT2D eigenvalue weighted by Crippen LogP contribution is -1.99. The van der Waals surface area contributed by atoms with E-state index in [2.05, 4.69) is 23.2 Å². The zero-order chi connectivity index (χ0) is 15.4. The molecule has 0 fully saturated rings. The highest BCUT2D eigenvalue weighted by Gasteiger charge is 2.04. The Hall–Kier alpha value is -2.65. The van der Waals surface area contributed by atoms with Gasteiger partial charge in [-0.1, -0.05) is 42.5 Å². The number of hydrogen-bond donors (Lipinski definition) is 1. The SMILES string of the molecule is Cc1cc(CN)cc(Oc2cccc(-c3ccccc3)c2)n1. The Morgan fingerprint density at radius 3 is 2.45 bits per heavy atom. The summed E-state index contributed by atoms with van der Waals surface area (Å²) >= 11 is 0. The van der Waals surface area contributed by atoms with Crippen molar-refractivity contribution in [1.82, 2.24) is 4.98 Å². The summed E-state index contributed by atoms with van der Waals surface area (Å²) in [7, 11) is 0. The van der Waals surface area contributed by atoms with Crippen LogP contribution in [0, 0.1) is 6.92 Å². The minimum Gasteiger partial charge on any atom is -0.439 e. The molecule has 0 aliphatic carbocycles. The van der Waals surface area contributed by atoms with Crippen LogP contribution in [0.3, 0.4) is 0 Å². The highest BCUT2D eigenvalue weighted by molar-refractivity contribution is 5.65. The molecule has 110 valence electrons. The number of aromatic nitrogens is 1. The Labute approximate surface area is 130 Å². The number of nitrogens with two attached hydrogens (primary N) is 1. The molecule has 0 aliphatic heterocycles. The van der Waals surface area contributed by atoms with Gasteiger partial charge in [0.2, 0.25) is 5.88 Å². The molecular formula is C19H18N2O. The van der Waals surface area contributed by atoms with Crippen LogP contribution < -0.4 is 10.5 Å². The molecule has 3 heteroatoms. The highest BCUT2D eigenvalue weighted by Crippen LogP contribution is 2.27. The second kappa shape index (κ2) is 6.41. The molecule has 0 radical (unpaired) electrons. The van der Waals surface area contributed by atoms with Crippen molar-refractivity contribution in [1.29, 1.82) is 0 Å². The summed E-state index contributed by atoms with van der Waals surface area (Å²) in [6, 6.07) is 22.1. The van der Waals surface area contributed by atoms with Gasteiger partial charge in [0, 0.05) is 18.3 Å². The predicted molar refractivity (Wildman–Crippen MR) is 88.8 cm³/mol. The molecule has 0 saturated heterocycles. The van der Waals surface area contributed by atoms with Gasteiger partial charge in [-0.3, -0.25) is 0 Å². The molecule has 0 spiro atoms. The molecule has 22 heavy (non-hydrogen) atoms. The third-order valence-corrected chi connectivity index (χ3v) is 3.39. The van der Waals surface area contributed by atoms with Gasteiger partial charge in [0.05, 0.1) is 0 Å². The fraction of sp³-hybridized carbons (Fsp3) is 0.105.